The summed E-state index contributed by atoms with van der Waals surface area (Å²) in [6.07, 6.45) is 11.3. The van der Waals surface area contributed by atoms with Crippen molar-refractivity contribution in [3.05, 3.63) is 23.8 Å². The zero-order chi connectivity index (χ0) is 15.4. The Morgan fingerprint density at radius 3 is 2.41 bits per heavy atom. The van der Waals surface area contributed by atoms with E-state index < -0.39 is 0 Å². The molecule has 2 fully saturated rings. The van der Waals surface area contributed by atoms with Gasteiger partial charge in [0.1, 0.15) is 5.54 Å². The fourth-order valence-electron chi connectivity index (χ4n) is 3.86. The van der Waals surface area contributed by atoms with Crippen LogP contribution in [0.5, 0.6) is 0 Å². The van der Waals surface area contributed by atoms with Gasteiger partial charge in [0.2, 0.25) is 0 Å². The predicted molar refractivity (Wildman–Crippen MR) is 89.5 cm³/mol. The van der Waals surface area contributed by atoms with Crippen molar-refractivity contribution in [2.75, 3.05) is 52.9 Å². The van der Waals surface area contributed by atoms with Crippen molar-refractivity contribution in [2.24, 2.45) is 0 Å². The summed E-state index contributed by atoms with van der Waals surface area (Å²) in [4.78, 5) is 7.34. The van der Waals surface area contributed by atoms with Gasteiger partial charge in [-0.25, -0.2) is 0 Å². The molecule has 3 aliphatic rings. The molecule has 0 N–H and O–H groups in total. The molecular formula is C18H28N4. The minimum atomic E-state index is -0.206. The van der Waals surface area contributed by atoms with Crippen LogP contribution in [-0.2, 0) is 0 Å². The molecule has 0 radical (unpaired) electrons. The Labute approximate surface area is 134 Å². The second kappa shape index (κ2) is 6.95. The second-order valence-corrected chi connectivity index (χ2v) is 6.97. The van der Waals surface area contributed by atoms with E-state index in [1.165, 1.54) is 18.4 Å². The molecule has 4 nitrogen and oxygen atoms in total. The van der Waals surface area contributed by atoms with E-state index >= 15 is 0 Å². The number of allylic oxidation sites excluding steroid dienone is 2. The van der Waals surface area contributed by atoms with E-state index in [0.717, 1.165) is 58.7 Å². The first-order chi connectivity index (χ1) is 10.7. The largest absolute Gasteiger partial charge is 0.306 e. The van der Waals surface area contributed by atoms with Gasteiger partial charge in [-0.05, 0) is 38.3 Å². The molecule has 0 spiro atoms. The first-order valence-corrected chi connectivity index (χ1v) is 8.65. The van der Waals surface area contributed by atoms with E-state index in [1.54, 1.807) is 0 Å². The number of likely N-dealkylation sites (tertiary alicyclic amines) is 1. The van der Waals surface area contributed by atoms with E-state index in [9.17, 15) is 5.26 Å². The Kier molecular flexibility index (Phi) is 4.97. The summed E-state index contributed by atoms with van der Waals surface area (Å²) in [7, 11) is 2.16. The van der Waals surface area contributed by atoms with Crippen molar-refractivity contribution in [1.29, 1.82) is 5.26 Å². The molecule has 1 aliphatic carbocycles. The minimum absolute atomic E-state index is 0.206. The van der Waals surface area contributed by atoms with Gasteiger partial charge in [-0.2, -0.15) is 5.26 Å². The number of piperazine rings is 1. The molecule has 120 valence electrons. The molecule has 0 atom stereocenters. The van der Waals surface area contributed by atoms with Crippen LogP contribution in [-0.4, -0.2) is 73.1 Å². The summed E-state index contributed by atoms with van der Waals surface area (Å²) >= 11 is 0. The van der Waals surface area contributed by atoms with Gasteiger partial charge in [-0.1, -0.05) is 18.2 Å². The fraction of sp³-hybridized carbons (Fsp3) is 0.722. The Hall–Kier alpha value is -1.15. The first kappa shape index (κ1) is 15.7. The smallest absolute Gasteiger partial charge is 0.111 e. The van der Waals surface area contributed by atoms with Crippen molar-refractivity contribution in [1.82, 2.24) is 14.7 Å². The molecular weight excluding hydrogens is 272 g/mol. The van der Waals surface area contributed by atoms with Crippen LogP contribution in [0.25, 0.3) is 0 Å². The maximum atomic E-state index is 9.76. The van der Waals surface area contributed by atoms with Crippen LogP contribution in [0.2, 0.25) is 0 Å². The van der Waals surface area contributed by atoms with E-state index in [0.29, 0.717) is 0 Å². The lowest BCUT2D eigenvalue weighted by molar-refractivity contribution is 0.0292. The molecule has 4 heteroatoms. The lowest BCUT2D eigenvalue weighted by Gasteiger charge is -2.47. The lowest BCUT2D eigenvalue weighted by Crippen LogP contribution is -2.59. The Morgan fingerprint density at radius 2 is 1.82 bits per heavy atom. The van der Waals surface area contributed by atoms with Gasteiger partial charge in [-0.3, -0.25) is 9.80 Å². The van der Waals surface area contributed by atoms with Gasteiger partial charge in [0.15, 0.2) is 0 Å². The highest BCUT2D eigenvalue weighted by Gasteiger charge is 2.40. The van der Waals surface area contributed by atoms with Crippen molar-refractivity contribution < 1.29 is 0 Å². The molecule has 3 rings (SSSR count). The maximum absolute atomic E-state index is 9.76. The van der Waals surface area contributed by atoms with Crippen LogP contribution in [0.3, 0.4) is 0 Å². The number of nitriles is 1. The van der Waals surface area contributed by atoms with E-state index in [2.05, 4.69) is 46.0 Å². The molecule has 2 aliphatic heterocycles. The van der Waals surface area contributed by atoms with Crippen LogP contribution in [0.4, 0.5) is 0 Å². The summed E-state index contributed by atoms with van der Waals surface area (Å²) in [6, 6.07) is 2.66. The number of piperidine rings is 1. The second-order valence-electron chi connectivity index (χ2n) is 6.97. The highest BCUT2D eigenvalue weighted by atomic mass is 15.3. The zero-order valence-corrected chi connectivity index (χ0v) is 13.8. The van der Waals surface area contributed by atoms with Crippen molar-refractivity contribution in [3.8, 4) is 6.07 Å². The number of hydrogen-bond donors (Lipinski definition) is 0. The SMILES string of the molecule is CN1CCC(C#N)(N2CCN(CC3=CCCC=C3)CC2)CC1. The van der Waals surface area contributed by atoms with Crippen molar-refractivity contribution in [2.45, 2.75) is 31.2 Å². The topological polar surface area (TPSA) is 33.5 Å². The van der Waals surface area contributed by atoms with E-state index in [1.807, 2.05) is 0 Å². The normalized spacial score (nSPS) is 27.4. The summed E-state index contributed by atoms with van der Waals surface area (Å²) in [5.41, 5.74) is 1.26. The van der Waals surface area contributed by atoms with Crippen molar-refractivity contribution in [3.63, 3.8) is 0 Å². The third kappa shape index (κ3) is 3.43. The highest BCUT2D eigenvalue weighted by molar-refractivity contribution is 5.23. The van der Waals surface area contributed by atoms with Gasteiger partial charge >= 0.3 is 0 Å². The summed E-state index contributed by atoms with van der Waals surface area (Å²) in [5, 5.41) is 9.76. The molecule has 0 aromatic rings. The third-order valence-electron chi connectivity index (χ3n) is 5.48. The van der Waals surface area contributed by atoms with Crippen LogP contribution in [0, 0.1) is 11.3 Å². The van der Waals surface area contributed by atoms with Gasteiger partial charge < -0.3 is 4.90 Å². The lowest BCUT2D eigenvalue weighted by atomic mass is 9.86. The van der Waals surface area contributed by atoms with Crippen LogP contribution >= 0.6 is 0 Å². The van der Waals surface area contributed by atoms with Crippen LogP contribution < -0.4 is 0 Å². The fourth-order valence-corrected chi connectivity index (χ4v) is 3.86. The molecule has 0 amide bonds. The van der Waals surface area contributed by atoms with Gasteiger partial charge in [0, 0.05) is 45.8 Å². The Balaban J connectivity index is 1.53. The van der Waals surface area contributed by atoms with Gasteiger partial charge in [0.25, 0.3) is 0 Å². The highest BCUT2D eigenvalue weighted by Crippen LogP contribution is 2.29. The average molecular weight is 300 g/mol. The minimum Gasteiger partial charge on any atom is -0.306 e. The average Bonchev–Trinajstić information content (AvgIpc) is 2.58. The van der Waals surface area contributed by atoms with E-state index in [4.69, 9.17) is 0 Å². The number of rotatable bonds is 3. The zero-order valence-electron chi connectivity index (χ0n) is 13.8. The first-order valence-electron chi connectivity index (χ1n) is 8.65. The summed E-state index contributed by atoms with van der Waals surface area (Å²) in [6.45, 7) is 7.42. The number of hydrogen-bond acceptors (Lipinski definition) is 4. The molecule has 0 unspecified atom stereocenters. The molecule has 0 saturated carbocycles. The summed E-state index contributed by atoms with van der Waals surface area (Å²) in [5.74, 6) is 0. The summed E-state index contributed by atoms with van der Waals surface area (Å²) < 4.78 is 0. The molecule has 0 aromatic carbocycles. The molecule has 0 bridgehead atoms. The Bertz CT molecular complexity index is 472. The third-order valence-corrected chi connectivity index (χ3v) is 5.48. The molecule has 2 heterocycles. The molecule has 0 aromatic heterocycles. The molecule has 22 heavy (non-hydrogen) atoms. The van der Waals surface area contributed by atoms with Crippen LogP contribution in [0.1, 0.15) is 25.7 Å². The maximum Gasteiger partial charge on any atom is 0.111 e. The van der Waals surface area contributed by atoms with Crippen molar-refractivity contribution >= 4 is 0 Å². The quantitative estimate of drug-likeness (QED) is 0.797. The van der Waals surface area contributed by atoms with Gasteiger partial charge in [0.05, 0.1) is 6.07 Å². The molecule has 2 saturated heterocycles. The Morgan fingerprint density at radius 1 is 1.09 bits per heavy atom. The van der Waals surface area contributed by atoms with Crippen LogP contribution in [0.15, 0.2) is 23.8 Å². The standard InChI is InChI=1S/C18H28N4/c1-20-9-7-18(16-19,8-10-20)22-13-11-21(12-14-22)15-17-5-3-2-4-6-17/h3,5-6H,2,4,7-15H2,1H3. The van der Waals surface area contributed by atoms with Gasteiger partial charge in [-0.15, -0.1) is 0 Å². The predicted octanol–water partition coefficient (Wildman–Crippen LogP) is 1.87. The van der Waals surface area contributed by atoms with E-state index in [-0.39, 0.29) is 5.54 Å². The monoisotopic (exact) mass is 300 g/mol. The number of nitrogens with zero attached hydrogens (tertiary/aromatic N) is 4.